The number of benzene rings is 2. The molecule has 148 valence electrons. The Bertz CT molecular complexity index is 1210. The van der Waals surface area contributed by atoms with Gasteiger partial charge >= 0.3 is 0 Å². The molecule has 1 saturated heterocycles. The van der Waals surface area contributed by atoms with E-state index in [0.29, 0.717) is 18.8 Å². The van der Waals surface area contributed by atoms with E-state index in [1.807, 2.05) is 67.3 Å². The Balaban J connectivity index is 1.53. The third-order valence-electron chi connectivity index (χ3n) is 5.21. The maximum Gasteiger partial charge on any atom is 0.233 e. The molecule has 0 bridgehead atoms. The first-order chi connectivity index (χ1) is 14.1. The predicted octanol–water partition coefficient (Wildman–Crippen LogP) is 3.76. The molecule has 4 aromatic rings. The Kier molecular flexibility index (Phi) is 4.64. The number of hydrogen-bond donors (Lipinski definition) is 0. The van der Waals surface area contributed by atoms with Crippen LogP contribution >= 0.6 is 11.8 Å². The van der Waals surface area contributed by atoms with Gasteiger partial charge in [-0.1, -0.05) is 36.0 Å². The molecule has 0 aliphatic carbocycles. The van der Waals surface area contributed by atoms with E-state index in [4.69, 9.17) is 14.7 Å². The maximum absolute atomic E-state index is 12.9. The van der Waals surface area contributed by atoms with Crippen molar-refractivity contribution in [2.75, 3.05) is 18.8 Å². The Morgan fingerprint density at radius 3 is 2.52 bits per heavy atom. The third-order valence-corrected chi connectivity index (χ3v) is 6.13. The van der Waals surface area contributed by atoms with E-state index in [1.165, 1.54) is 11.8 Å². The van der Waals surface area contributed by atoms with Gasteiger partial charge in [0.25, 0.3) is 0 Å². The zero-order chi connectivity index (χ0) is 20.0. The van der Waals surface area contributed by atoms with E-state index in [-0.39, 0.29) is 18.1 Å². The van der Waals surface area contributed by atoms with Gasteiger partial charge in [-0.2, -0.15) is 0 Å². The highest BCUT2D eigenvalue weighted by Gasteiger charge is 2.26. The highest BCUT2D eigenvalue weighted by atomic mass is 32.2. The van der Waals surface area contributed by atoms with Crippen molar-refractivity contribution in [3.05, 3.63) is 48.5 Å². The summed E-state index contributed by atoms with van der Waals surface area (Å²) in [4.78, 5) is 24.5. The molecule has 7 heteroatoms. The number of aromatic nitrogens is 3. The zero-order valence-corrected chi connectivity index (χ0v) is 17.2. The van der Waals surface area contributed by atoms with Crippen LogP contribution in [-0.4, -0.2) is 56.2 Å². The quantitative estimate of drug-likeness (QED) is 0.383. The minimum Gasteiger partial charge on any atom is -0.372 e. The molecule has 0 unspecified atom stereocenters. The highest BCUT2D eigenvalue weighted by Crippen LogP contribution is 2.29. The van der Waals surface area contributed by atoms with Crippen LogP contribution in [0.15, 0.2) is 53.7 Å². The SMILES string of the molecule is C[C@H]1CN(C(=O)CSc2nc3ccccc3c3nc4ccccc4n23)C[C@H](C)O1. The number of morpholine rings is 1. The van der Waals surface area contributed by atoms with Crippen LogP contribution in [0.25, 0.3) is 27.6 Å². The van der Waals surface area contributed by atoms with Gasteiger partial charge in [-0.3, -0.25) is 9.20 Å². The number of amides is 1. The van der Waals surface area contributed by atoms with Crippen molar-refractivity contribution in [2.24, 2.45) is 0 Å². The van der Waals surface area contributed by atoms with Crippen LogP contribution in [0.4, 0.5) is 0 Å². The molecule has 0 radical (unpaired) electrons. The van der Waals surface area contributed by atoms with Crippen LogP contribution in [-0.2, 0) is 9.53 Å². The molecule has 1 aliphatic rings. The molecule has 1 aliphatic heterocycles. The number of thioether (sulfide) groups is 1. The van der Waals surface area contributed by atoms with Crippen molar-refractivity contribution in [3.63, 3.8) is 0 Å². The fraction of sp³-hybridized carbons (Fsp3) is 0.318. The standard InChI is InChI=1S/C22H22N4O2S/c1-14-11-25(12-15(2)28-14)20(27)13-29-22-24-17-8-4-3-7-16(17)21-23-18-9-5-6-10-19(18)26(21)22/h3-10,14-15H,11-13H2,1-2H3/t14-,15-/m0/s1. The maximum atomic E-state index is 12.9. The molecule has 2 aromatic heterocycles. The number of hydrogen-bond acceptors (Lipinski definition) is 5. The molecule has 29 heavy (non-hydrogen) atoms. The van der Waals surface area contributed by atoms with Gasteiger partial charge in [0, 0.05) is 18.5 Å². The van der Waals surface area contributed by atoms with Crippen LogP contribution < -0.4 is 0 Å². The van der Waals surface area contributed by atoms with Gasteiger partial charge in [-0.15, -0.1) is 0 Å². The number of nitrogens with zero attached hydrogens (tertiary/aromatic N) is 4. The second kappa shape index (κ2) is 7.31. The summed E-state index contributed by atoms with van der Waals surface area (Å²) in [6.07, 6.45) is 0.131. The zero-order valence-electron chi connectivity index (χ0n) is 16.4. The van der Waals surface area contributed by atoms with Gasteiger partial charge in [0.15, 0.2) is 5.16 Å². The molecule has 0 saturated carbocycles. The molecule has 6 nitrogen and oxygen atoms in total. The van der Waals surface area contributed by atoms with Crippen LogP contribution in [0.5, 0.6) is 0 Å². The fourth-order valence-electron chi connectivity index (χ4n) is 4.01. The summed E-state index contributed by atoms with van der Waals surface area (Å²) in [6.45, 7) is 5.29. The van der Waals surface area contributed by atoms with Gasteiger partial charge in [-0.05, 0) is 38.1 Å². The lowest BCUT2D eigenvalue weighted by molar-refractivity contribution is -0.140. The lowest BCUT2D eigenvalue weighted by atomic mass is 10.2. The second-order valence-corrected chi connectivity index (χ2v) is 8.46. The molecular formula is C22H22N4O2S. The summed E-state index contributed by atoms with van der Waals surface area (Å²) >= 11 is 1.47. The molecule has 1 amide bonds. The lowest BCUT2D eigenvalue weighted by Crippen LogP contribution is -2.48. The number of rotatable bonds is 3. The summed E-state index contributed by atoms with van der Waals surface area (Å²) in [5.74, 6) is 0.455. The van der Waals surface area contributed by atoms with Gasteiger partial charge in [0.1, 0.15) is 5.65 Å². The van der Waals surface area contributed by atoms with Gasteiger partial charge < -0.3 is 9.64 Å². The summed E-state index contributed by atoms with van der Waals surface area (Å²) < 4.78 is 7.82. The number of carbonyl (C=O) groups excluding carboxylic acids is 1. The predicted molar refractivity (Wildman–Crippen MR) is 115 cm³/mol. The number of fused-ring (bicyclic) bond motifs is 5. The molecular weight excluding hydrogens is 384 g/mol. The van der Waals surface area contributed by atoms with Crippen molar-refractivity contribution in [1.29, 1.82) is 0 Å². The summed E-state index contributed by atoms with van der Waals surface area (Å²) in [5, 5.41) is 1.80. The first kappa shape index (κ1) is 18.4. The Morgan fingerprint density at radius 1 is 1.03 bits per heavy atom. The molecule has 0 N–H and O–H groups in total. The average molecular weight is 407 g/mol. The van der Waals surface area contributed by atoms with E-state index in [9.17, 15) is 4.79 Å². The van der Waals surface area contributed by atoms with Crippen molar-refractivity contribution in [1.82, 2.24) is 19.3 Å². The van der Waals surface area contributed by atoms with Crippen molar-refractivity contribution < 1.29 is 9.53 Å². The average Bonchev–Trinajstić information content (AvgIpc) is 3.11. The summed E-state index contributed by atoms with van der Waals surface area (Å²) in [7, 11) is 0. The van der Waals surface area contributed by atoms with E-state index < -0.39 is 0 Å². The van der Waals surface area contributed by atoms with Crippen molar-refractivity contribution >= 4 is 45.3 Å². The highest BCUT2D eigenvalue weighted by molar-refractivity contribution is 7.99. The van der Waals surface area contributed by atoms with E-state index in [1.54, 1.807) is 0 Å². The lowest BCUT2D eigenvalue weighted by Gasteiger charge is -2.35. The normalized spacial score (nSPS) is 20.0. The van der Waals surface area contributed by atoms with Crippen LogP contribution in [0, 0.1) is 0 Å². The number of carbonyl (C=O) groups is 1. The van der Waals surface area contributed by atoms with Gasteiger partial charge in [0.2, 0.25) is 5.91 Å². The summed E-state index contributed by atoms with van der Waals surface area (Å²) in [6, 6.07) is 16.1. The molecule has 5 rings (SSSR count). The molecule has 0 spiro atoms. The van der Waals surface area contributed by atoms with Crippen molar-refractivity contribution in [2.45, 2.75) is 31.2 Å². The Labute approximate surface area is 172 Å². The smallest absolute Gasteiger partial charge is 0.233 e. The van der Waals surface area contributed by atoms with E-state index >= 15 is 0 Å². The monoisotopic (exact) mass is 406 g/mol. The molecule has 3 heterocycles. The minimum absolute atomic E-state index is 0.0655. The largest absolute Gasteiger partial charge is 0.372 e. The number of ether oxygens (including phenoxy) is 1. The molecule has 1 fully saturated rings. The fourth-order valence-corrected chi connectivity index (χ4v) is 4.92. The summed E-state index contributed by atoms with van der Waals surface area (Å²) in [5.41, 5.74) is 3.69. The minimum atomic E-state index is 0.0655. The van der Waals surface area contributed by atoms with Crippen LogP contribution in [0.1, 0.15) is 13.8 Å². The topological polar surface area (TPSA) is 59.7 Å². The third kappa shape index (κ3) is 3.34. The second-order valence-electron chi connectivity index (χ2n) is 7.52. The van der Waals surface area contributed by atoms with Crippen molar-refractivity contribution in [3.8, 4) is 0 Å². The van der Waals surface area contributed by atoms with Gasteiger partial charge in [0.05, 0.1) is 34.5 Å². The van der Waals surface area contributed by atoms with Crippen LogP contribution in [0.3, 0.4) is 0 Å². The molecule has 2 aromatic carbocycles. The Hall–Kier alpha value is -2.64. The number of para-hydroxylation sites is 3. The molecule has 2 atom stereocenters. The van der Waals surface area contributed by atoms with Crippen LogP contribution in [0.2, 0.25) is 0 Å². The van der Waals surface area contributed by atoms with Gasteiger partial charge in [-0.25, -0.2) is 9.97 Å². The first-order valence-corrected chi connectivity index (χ1v) is 10.8. The van der Waals surface area contributed by atoms with E-state index in [2.05, 4.69) is 4.40 Å². The van der Waals surface area contributed by atoms with E-state index in [0.717, 1.165) is 32.7 Å². The first-order valence-electron chi connectivity index (χ1n) is 9.82. The number of imidazole rings is 1. The Morgan fingerprint density at radius 2 is 1.72 bits per heavy atom.